The highest BCUT2D eigenvalue weighted by molar-refractivity contribution is 6.01. The molecule has 2 aromatic heterocycles. The van der Waals surface area contributed by atoms with Crippen LogP contribution in [0.5, 0.6) is 0 Å². The Bertz CT molecular complexity index is 615. The van der Waals surface area contributed by atoms with Crippen LogP contribution >= 0.6 is 0 Å². The van der Waals surface area contributed by atoms with Gasteiger partial charge in [0, 0.05) is 23.0 Å². The second kappa shape index (κ2) is 2.54. The predicted octanol–water partition coefficient (Wildman–Crippen LogP) is 3.12. The van der Waals surface area contributed by atoms with E-state index in [4.69, 9.17) is 4.42 Å². The molecule has 2 nitrogen and oxygen atoms in total. The zero-order chi connectivity index (χ0) is 9.54. The van der Waals surface area contributed by atoms with Crippen LogP contribution in [0, 0.1) is 5.82 Å². The molecule has 0 saturated carbocycles. The van der Waals surface area contributed by atoms with Crippen LogP contribution in [-0.4, -0.2) is 4.98 Å². The van der Waals surface area contributed by atoms with Crippen molar-refractivity contribution in [3.05, 3.63) is 42.5 Å². The molecule has 0 aliphatic carbocycles. The Kier molecular flexibility index (Phi) is 1.36. The number of halogens is 1. The van der Waals surface area contributed by atoms with Gasteiger partial charge in [0.05, 0.1) is 11.8 Å². The molecule has 0 spiro atoms. The highest BCUT2D eigenvalue weighted by Crippen LogP contribution is 2.24. The molecule has 0 bridgehead atoms. The molecule has 0 N–H and O–H groups in total. The van der Waals surface area contributed by atoms with Gasteiger partial charge in [-0.25, -0.2) is 4.39 Å². The van der Waals surface area contributed by atoms with Gasteiger partial charge in [0.15, 0.2) is 0 Å². The number of fused-ring (bicyclic) bond motifs is 3. The van der Waals surface area contributed by atoms with Crippen molar-refractivity contribution in [3.8, 4) is 0 Å². The average molecular weight is 187 g/mol. The zero-order valence-corrected chi connectivity index (χ0v) is 7.20. The third-order valence-electron chi connectivity index (χ3n) is 2.24. The number of furan rings is 1. The minimum Gasteiger partial charge on any atom is -0.464 e. The Morgan fingerprint density at radius 1 is 1.21 bits per heavy atom. The van der Waals surface area contributed by atoms with Crippen LogP contribution < -0.4 is 0 Å². The van der Waals surface area contributed by atoms with Crippen LogP contribution in [-0.2, 0) is 0 Å². The summed E-state index contributed by atoms with van der Waals surface area (Å²) in [7, 11) is 0. The third kappa shape index (κ3) is 0.923. The standard InChI is InChI=1S/C11H6FNO/c12-8-1-2-9-10(5-8)13-6-7-3-4-14-11(7)9/h1-6H. The number of rotatable bonds is 0. The summed E-state index contributed by atoms with van der Waals surface area (Å²) < 4.78 is 18.2. The van der Waals surface area contributed by atoms with Crippen LogP contribution in [0.25, 0.3) is 21.9 Å². The molecular weight excluding hydrogens is 181 g/mol. The number of nitrogens with zero attached hydrogens (tertiary/aromatic N) is 1. The van der Waals surface area contributed by atoms with Crippen LogP contribution in [0.2, 0.25) is 0 Å². The fraction of sp³-hybridized carbons (Fsp3) is 0. The first-order chi connectivity index (χ1) is 6.84. The molecule has 0 atom stereocenters. The van der Waals surface area contributed by atoms with Gasteiger partial charge in [-0.2, -0.15) is 0 Å². The van der Waals surface area contributed by atoms with E-state index in [1.807, 2.05) is 6.07 Å². The Morgan fingerprint density at radius 3 is 3.07 bits per heavy atom. The van der Waals surface area contributed by atoms with Gasteiger partial charge in [0.2, 0.25) is 0 Å². The maximum atomic E-state index is 12.9. The van der Waals surface area contributed by atoms with E-state index in [1.165, 1.54) is 12.1 Å². The van der Waals surface area contributed by atoms with Crippen molar-refractivity contribution >= 4 is 21.9 Å². The van der Waals surface area contributed by atoms with Crippen molar-refractivity contribution < 1.29 is 8.81 Å². The van der Waals surface area contributed by atoms with E-state index < -0.39 is 0 Å². The van der Waals surface area contributed by atoms with Gasteiger partial charge in [-0.3, -0.25) is 4.98 Å². The minimum atomic E-state index is -0.282. The Hall–Kier alpha value is -1.90. The van der Waals surface area contributed by atoms with Gasteiger partial charge < -0.3 is 4.42 Å². The monoisotopic (exact) mass is 187 g/mol. The minimum absolute atomic E-state index is 0.282. The second-order valence-electron chi connectivity index (χ2n) is 3.12. The topological polar surface area (TPSA) is 26.0 Å². The molecule has 0 unspecified atom stereocenters. The van der Waals surface area contributed by atoms with Crippen LogP contribution in [0.3, 0.4) is 0 Å². The second-order valence-corrected chi connectivity index (χ2v) is 3.12. The van der Waals surface area contributed by atoms with Crippen LogP contribution in [0.1, 0.15) is 0 Å². The summed E-state index contributed by atoms with van der Waals surface area (Å²) in [6.45, 7) is 0. The highest BCUT2D eigenvalue weighted by Gasteiger charge is 2.04. The molecule has 3 heteroatoms. The first-order valence-electron chi connectivity index (χ1n) is 4.26. The SMILES string of the molecule is Fc1ccc2c(c1)ncc1ccoc12. The van der Waals surface area contributed by atoms with E-state index in [0.29, 0.717) is 5.52 Å². The molecule has 0 radical (unpaired) electrons. The summed E-state index contributed by atoms with van der Waals surface area (Å²) in [4.78, 5) is 4.14. The lowest BCUT2D eigenvalue weighted by Crippen LogP contribution is -1.80. The van der Waals surface area contributed by atoms with Crippen LogP contribution in [0.4, 0.5) is 4.39 Å². The number of hydrogen-bond acceptors (Lipinski definition) is 2. The van der Waals surface area contributed by atoms with Crippen molar-refractivity contribution in [1.82, 2.24) is 4.98 Å². The van der Waals surface area contributed by atoms with Crippen molar-refractivity contribution in [2.45, 2.75) is 0 Å². The molecule has 0 amide bonds. The van der Waals surface area contributed by atoms with Gasteiger partial charge in [0.1, 0.15) is 11.4 Å². The molecule has 2 heterocycles. The van der Waals surface area contributed by atoms with Crippen LogP contribution in [0.15, 0.2) is 41.1 Å². The highest BCUT2D eigenvalue weighted by atomic mass is 19.1. The Labute approximate surface area is 79.0 Å². The van der Waals surface area contributed by atoms with Gasteiger partial charge in [0.25, 0.3) is 0 Å². The van der Waals surface area contributed by atoms with Crippen molar-refractivity contribution in [2.24, 2.45) is 0 Å². The van der Waals surface area contributed by atoms with Gasteiger partial charge in [-0.05, 0) is 18.2 Å². The zero-order valence-electron chi connectivity index (χ0n) is 7.20. The smallest absolute Gasteiger partial charge is 0.144 e. The summed E-state index contributed by atoms with van der Waals surface area (Å²) in [5, 5.41) is 1.78. The number of pyridine rings is 1. The first kappa shape index (κ1) is 7.50. The normalized spacial score (nSPS) is 11.2. The Morgan fingerprint density at radius 2 is 2.14 bits per heavy atom. The lowest BCUT2D eigenvalue weighted by atomic mass is 10.2. The molecule has 68 valence electrons. The van der Waals surface area contributed by atoms with Crippen molar-refractivity contribution in [2.75, 3.05) is 0 Å². The number of benzene rings is 1. The summed E-state index contributed by atoms with van der Waals surface area (Å²) in [5.41, 5.74) is 1.38. The van der Waals surface area contributed by atoms with E-state index in [1.54, 1.807) is 18.5 Å². The Balaban J connectivity index is 2.57. The quantitative estimate of drug-likeness (QED) is 0.540. The molecule has 0 aliphatic heterocycles. The van der Waals surface area contributed by atoms with E-state index >= 15 is 0 Å². The maximum absolute atomic E-state index is 12.9. The van der Waals surface area contributed by atoms with Crippen molar-refractivity contribution in [1.29, 1.82) is 0 Å². The fourth-order valence-corrected chi connectivity index (χ4v) is 1.58. The van der Waals surface area contributed by atoms with E-state index in [0.717, 1.165) is 16.4 Å². The van der Waals surface area contributed by atoms with Crippen molar-refractivity contribution in [3.63, 3.8) is 0 Å². The molecule has 14 heavy (non-hydrogen) atoms. The first-order valence-corrected chi connectivity index (χ1v) is 4.26. The summed E-state index contributed by atoms with van der Waals surface area (Å²) in [6.07, 6.45) is 3.29. The maximum Gasteiger partial charge on any atom is 0.144 e. The molecule has 0 saturated heterocycles. The van der Waals surface area contributed by atoms with E-state index in [9.17, 15) is 4.39 Å². The fourth-order valence-electron chi connectivity index (χ4n) is 1.58. The molecule has 1 aromatic carbocycles. The largest absolute Gasteiger partial charge is 0.464 e. The van der Waals surface area contributed by atoms with Gasteiger partial charge in [-0.1, -0.05) is 0 Å². The predicted molar refractivity (Wildman–Crippen MR) is 51.5 cm³/mol. The molecule has 3 aromatic rings. The summed E-state index contributed by atoms with van der Waals surface area (Å²) in [6, 6.07) is 6.33. The van der Waals surface area contributed by atoms with E-state index in [-0.39, 0.29) is 5.82 Å². The molecular formula is C11H6FNO. The lowest BCUT2D eigenvalue weighted by molar-refractivity contribution is 0.618. The summed E-state index contributed by atoms with van der Waals surface area (Å²) in [5.74, 6) is -0.282. The van der Waals surface area contributed by atoms with Gasteiger partial charge in [-0.15, -0.1) is 0 Å². The number of hydrogen-bond donors (Lipinski definition) is 0. The van der Waals surface area contributed by atoms with E-state index in [2.05, 4.69) is 4.98 Å². The molecule has 3 rings (SSSR count). The molecule has 0 aliphatic rings. The number of aromatic nitrogens is 1. The van der Waals surface area contributed by atoms with Gasteiger partial charge >= 0.3 is 0 Å². The average Bonchev–Trinajstić information content (AvgIpc) is 2.65. The third-order valence-corrected chi connectivity index (χ3v) is 2.24. The lowest BCUT2D eigenvalue weighted by Gasteiger charge is -1.97. The molecule has 0 fully saturated rings. The summed E-state index contributed by atoms with van der Waals surface area (Å²) >= 11 is 0.